The van der Waals surface area contributed by atoms with Gasteiger partial charge in [-0.1, -0.05) is 42.5 Å². The summed E-state index contributed by atoms with van der Waals surface area (Å²) in [5, 5.41) is 13.9. The molecule has 0 unspecified atom stereocenters. The highest BCUT2D eigenvalue weighted by molar-refractivity contribution is 7.20. The Morgan fingerprint density at radius 2 is 1.90 bits per heavy atom. The Morgan fingerprint density at radius 3 is 2.60 bits per heavy atom. The number of rotatable bonds is 7. The van der Waals surface area contributed by atoms with Crippen LogP contribution in [-0.2, 0) is 9.53 Å². The molecule has 0 radical (unpaired) electrons. The zero-order chi connectivity index (χ0) is 21.5. The average Bonchev–Trinajstić information content (AvgIpc) is 3.17. The molecule has 0 fully saturated rings. The van der Waals surface area contributed by atoms with Crippen LogP contribution in [0.5, 0.6) is 0 Å². The normalized spacial score (nSPS) is 10.7. The molecule has 0 saturated heterocycles. The molecule has 0 bridgehead atoms. The van der Waals surface area contributed by atoms with Crippen molar-refractivity contribution in [2.45, 2.75) is 6.92 Å². The summed E-state index contributed by atoms with van der Waals surface area (Å²) in [6.45, 7) is 1.93. The molecule has 0 aliphatic rings. The SMILES string of the molecule is CCOC(=O)c1cc(-c2ccccc2)sc1NC(=O)/C=C/c1cccc([N+](=O)[O-])c1. The number of ether oxygens (including phenoxy) is 1. The van der Waals surface area contributed by atoms with Crippen molar-refractivity contribution in [2.24, 2.45) is 0 Å². The largest absolute Gasteiger partial charge is 0.462 e. The van der Waals surface area contributed by atoms with Crippen molar-refractivity contribution in [3.8, 4) is 10.4 Å². The first-order chi connectivity index (χ1) is 14.5. The van der Waals surface area contributed by atoms with Gasteiger partial charge < -0.3 is 10.1 Å². The fourth-order valence-corrected chi connectivity index (χ4v) is 3.71. The van der Waals surface area contributed by atoms with E-state index in [4.69, 9.17) is 4.74 Å². The van der Waals surface area contributed by atoms with Gasteiger partial charge in [0.2, 0.25) is 5.91 Å². The maximum Gasteiger partial charge on any atom is 0.341 e. The quantitative estimate of drug-likeness (QED) is 0.246. The second kappa shape index (κ2) is 9.62. The zero-order valence-corrected chi connectivity index (χ0v) is 16.8. The second-order valence-corrected chi connectivity index (χ2v) is 7.17. The number of nitrogens with zero attached hydrogens (tertiary/aromatic N) is 1. The fraction of sp³-hybridized carbons (Fsp3) is 0.0909. The number of anilines is 1. The molecule has 152 valence electrons. The van der Waals surface area contributed by atoms with Gasteiger partial charge in [0.05, 0.1) is 17.1 Å². The number of carbonyl (C=O) groups excluding carboxylic acids is 2. The van der Waals surface area contributed by atoms with E-state index in [1.165, 1.54) is 35.6 Å². The van der Waals surface area contributed by atoms with Crippen molar-refractivity contribution >= 4 is 40.0 Å². The second-order valence-electron chi connectivity index (χ2n) is 6.11. The van der Waals surface area contributed by atoms with Crippen LogP contribution in [-0.4, -0.2) is 23.4 Å². The van der Waals surface area contributed by atoms with Gasteiger partial charge in [0.15, 0.2) is 0 Å². The number of thiophene rings is 1. The molecule has 0 saturated carbocycles. The summed E-state index contributed by atoms with van der Waals surface area (Å²) in [6, 6.07) is 17.1. The van der Waals surface area contributed by atoms with Crippen molar-refractivity contribution in [1.82, 2.24) is 0 Å². The first kappa shape index (κ1) is 20.9. The van der Waals surface area contributed by atoms with Gasteiger partial charge in [-0.25, -0.2) is 4.79 Å². The van der Waals surface area contributed by atoms with Crippen LogP contribution in [0.4, 0.5) is 10.7 Å². The van der Waals surface area contributed by atoms with Gasteiger partial charge in [-0.05, 0) is 30.2 Å². The van der Waals surface area contributed by atoms with Gasteiger partial charge in [-0.15, -0.1) is 11.3 Å². The van der Waals surface area contributed by atoms with Crippen molar-refractivity contribution < 1.29 is 19.2 Å². The van der Waals surface area contributed by atoms with Crippen LogP contribution in [0.15, 0.2) is 66.7 Å². The molecule has 30 heavy (non-hydrogen) atoms. The molecule has 0 aliphatic carbocycles. The lowest BCUT2D eigenvalue weighted by molar-refractivity contribution is -0.384. The summed E-state index contributed by atoms with van der Waals surface area (Å²) in [7, 11) is 0. The van der Waals surface area contributed by atoms with Gasteiger partial charge in [-0.2, -0.15) is 0 Å². The third kappa shape index (κ3) is 5.18. The molecule has 3 aromatic rings. The van der Waals surface area contributed by atoms with Gasteiger partial charge in [-0.3, -0.25) is 14.9 Å². The highest BCUT2D eigenvalue weighted by Crippen LogP contribution is 2.36. The van der Waals surface area contributed by atoms with E-state index in [-0.39, 0.29) is 17.9 Å². The van der Waals surface area contributed by atoms with E-state index in [1.54, 1.807) is 25.1 Å². The van der Waals surface area contributed by atoms with E-state index in [0.29, 0.717) is 10.6 Å². The van der Waals surface area contributed by atoms with Gasteiger partial charge in [0, 0.05) is 23.1 Å². The third-order valence-electron chi connectivity index (χ3n) is 4.03. The molecule has 2 aromatic carbocycles. The van der Waals surface area contributed by atoms with Crippen LogP contribution in [0.2, 0.25) is 0 Å². The standard InChI is InChI=1S/C22H18N2O5S/c1-2-29-22(26)18-14-19(16-8-4-3-5-9-16)30-21(18)23-20(25)12-11-15-7-6-10-17(13-15)24(27)28/h3-14H,2H2,1H3,(H,23,25)/b12-11+. The number of amides is 1. The molecular weight excluding hydrogens is 404 g/mol. The summed E-state index contributed by atoms with van der Waals surface area (Å²) < 4.78 is 5.10. The molecule has 1 aromatic heterocycles. The monoisotopic (exact) mass is 422 g/mol. The van der Waals surface area contributed by atoms with Crippen molar-refractivity contribution in [1.29, 1.82) is 0 Å². The number of benzene rings is 2. The minimum atomic E-state index is -0.520. The molecule has 1 N–H and O–H groups in total. The van der Waals surface area contributed by atoms with Crippen molar-refractivity contribution in [3.63, 3.8) is 0 Å². The van der Waals surface area contributed by atoms with Crippen molar-refractivity contribution in [3.05, 3.63) is 88.0 Å². The van der Waals surface area contributed by atoms with Gasteiger partial charge >= 0.3 is 5.97 Å². The smallest absolute Gasteiger partial charge is 0.341 e. The van der Waals surface area contributed by atoms with E-state index < -0.39 is 16.8 Å². The van der Waals surface area contributed by atoms with Crippen LogP contribution in [0.3, 0.4) is 0 Å². The Labute approximate surface area is 176 Å². The first-order valence-electron chi connectivity index (χ1n) is 9.08. The Bertz CT molecular complexity index is 1110. The number of nitro groups is 1. The molecule has 7 nitrogen and oxygen atoms in total. The predicted molar refractivity (Wildman–Crippen MR) is 116 cm³/mol. The molecule has 1 heterocycles. The van der Waals surface area contributed by atoms with E-state index in [2.05, 4.69) is 5.32 Å². The summed E-state index contributed by atoms with van der Waals surface area (Å²) in [5.74, 6) is -0.984. The lowest BCUT2D eigenvalue weighted by Crippen LogP contribution is -2.11. The Kier molecular flexibility index (Phi) is 6.71. The molecule has 0 spiro atoms. The number of nitro benzene ring substituents is 1. The van der Waals surface area contributed by atoms with Crippen LogP contribution in [0, 0.1) is 10.1 Å². The molecule has 8 heteroatoms. The predicted octanol–water partition coefficient (Wildman–Crippen LogP) is 5.15. The maximum absolute atomic E-state index is 12.4. The number of nitrogens with one attached hydrogen (secondary N) is 1. The number of carbonyl (C=O) groups is 2. The summed E-state index contributed by atoms with van der Waals surface area (Å²) in [5.41, 5.74) is 1.65. The van der Waals surface area contributed by atoms with E-state index in [1.807, 2.05) is 30.3 Å². The van der Waals surface area contributed by atoms with E-state index in [0.717, 1.165) is 10.4 Å². The summed E-state index contributed by atoms with van der Waals surface area (Å²) in [4.78, 5) is 35.9. The fourth-order valence-electron chi connectivity index (χ4n) is 2.66. The molecule has 0 atom stereocenters. The van der Waals surface area contributed by atoms with Gasteiger partial charge in [0.25, 0.3) is 5.69 Å². The van der Waals surface area contributed by atoms with Crippen LogP contribution in [0.1, 0.15) is 22.8 Å². The average molecular weight is 422 g/mol. The minimum Gasteiger partial charge on any atom is -0.462 e. The molecule has 3 rings (SSSR count). The molecular formula is C22H18N2O5S. The molecule has 0 aliphatic heterocycles. The van der Waals surface area contributed by atoms with Crippen LogP contribution >= 0.6 is 11.3 Å². The highest BCUT2D eigenvalue weighted by atomic mass is 32.1. The van der Waals surface area contributed by atoms with E-state index >= 15 is 0 Å². The Hall–Kier alpha value is -3.78. The Morgan fingerprint density at radius 1 is 1.13 bits per heavy atom. The minimum absolute atomic E-state index is 0.0621. The maximum atomic E-state index is 12.4. The number of non-ortho nitro benzene ring substituents is 1. The zero-order valence-electron chi connectivity index (χ0n) is 16.0. The number of esters is 1. The summed E-state index contributed by atoms with van der Waals surface area (Å²) >= 11 is 1.27. The van der Waals surface area contributed by atoms with Crippen molar-refractivity contribution in [2.75, 3.05) is 11.9 Å². The van der Waals surface area contributed by atoms with E-state index in [9.17, 15) is 19.7 Å². The first-order valence-corrected chi connectivity index (χ1v) is 9.89. The lowest BCUT2D eigenvalue weighted by Gasteiger charge is -2.03. The topological polar surface area (TPSA) is 98.5 Å². The van der Waals surface area contributed by atoms with Crippen LogP contribution in [0.25, 0.3) is 16.5 Å². The highest BCUT2D eigenvalue weighted by Gasteiger charge is 2.19. The number of hydrogen-bond donors (Lipinski definition) is 1. The van der Waals surface area contributed by atoms with Crippen LogP contribution < -0.4 is 5.32 Å². The number of hydrogen-bond acceptors (Lipinski definition) is 6. The lowest BCUT2D eigenvalue weighted by atomic mass is 10.1. The Balaban J connectivity index is 1.83. The third-order valence-corrected chi connectivity index (χ3v) is 5.13. The summed E-state index contributed by atoms with van der Waals surface area (Å²) in [6.07, 6.45) is 2.73. The molecule has 1 amide bonds. The van der Waals surface area contributed by atoms with Gasteiger partial charge in [0.1, 0.15) is 5.00 Å².